The van der Waals surface area contributed by atoms with Crippen molar-refractivity contribution in [2.75, 3.05) is 5.32 Å². The van der Waals surface area contributed by atoms with Gasteiger partial charge >= 0.3 is 0 Å². The first kappa shape index (κ1) is 14.0. The maximum Gasteiger partial charge on any atom is 0.184 e. The molecular formula is C18H16N4S. The summed E-state index contributed by atoms with van der Waals surface area (Å²) in [7, 11) is 0. The number of hydrogen-bond donors (Lipinski definition) is 1. The van der Waals surface area contributed by atoms with Crippen LogP contribution in [0, 0.1) is 0 Å². The smallest absolute Gasteiger partial charge is 0.184 e. The maximum absolute atomic E-state index is 4.60. The Morgan fingerprint density at radius 2 is 1.91 bits per heavy atom. The molecule has 0 aliphatic heterocycles. The number of hydrogen-bond acceptors (Lipinski definition) is 4. The molecule has 2 aromatic carbocycles. The van der Waals surface area contributed by atoms with Crippen molar-refractivity contribution in [3.8, 4) is 0 Å². The molecule has 1 N–H and O–H groups in total. The SMILES string of the molecule is c1cc(CNc2nc3ccccc3s2)cc(Cn2cccn2)c1. The largest absolute Gasteiger partial charge is 0.357 e. The summed E-state index contributed by atoms with van der Waals surface area (Å²) >= 11 is 1.69. The Morgan fingerprint density at radius 3 is 2.78 bits per heavy atom. The fraction of sp³-hybridized carbons (Fsp3) is 0.111. The number of nitrogens with one attached hydrogen (secondary N) is 1. The van der Waals surface area contributed by atoms with Crippen LogP contribution in [0.4, 0.5) is 5.13 Å². The molecule has 0 amide bonds. The number of benzene rings is 2. The minimum atomic E-state index is 0.771. The predicted octanol–water partition coefficient (Wildman–Crippen LogP) is 4.15. The quantitative estimate of drug-likeness (QED) is 0.600. The zero-order valence-corrected chi connectivity index (χ0v) is 13.3. The van der Waals surface area contributed by atoms with Gasteiger partial charge in [0.05, 0.1) is 16.8 Å². The Kier molecular flexibility index (Phi) is 3.78. The first-order valence-electron chi connectivity index (χ1n) is 7.51. The van der Waals surface area contributed by atoms with Crippen molar-refractivity contribution >= 4 is 26.7 Å². The van der Waals surface area contributed by atoms with Crippen LogP contribution >= 0.6 is 11.3 Å². The lowest BCUT2D eigenvalue weighted by Crippen LogP contribution is -2.02. The van der Waals surface area contributed by atoms with Gasteiger partial charge in [-0.25, -0.2) is 4.98 Å². The summed E-state index contributed by atoms with van der Waals surface area (Å²) in [6, 6.07) is 18.7. The molecule has 0 aliphatic rings. The van der Waals surface area contributed by atoms with Crippen molar-refractivity contribution in [3.05, 3.63) is 78.1 Å². The van der Waals surface area contributed by atoms with E-state index in [1.165, 1.54) is 15.8 Å². The molecule has 0 spiro atoms. The molecule has 2 aromatic heterocycles. The van der Waals surface area contributed by atoms with Crippen molar-refractivity contribution in [1.29, 1.82) is 0 Å². The average Bonchev–Trinajstić information content (AvgIpc) is 3.22. The van der Waals surface area contributed by atoms with E-state index in [1.807, 2.05) is 35.1 Å². The summed E-state index contributed by atoms with van der Waals surface area (Å²) in [5.74, 6) is 0. The van der Waals surface area contributed by atoms with E-state index in [0.29, 0.717) is 0 Å². The van der Waals surface area contributed by atoms with E-state index in [0.717, 1.165) is 23.7 Å². The van der Waals surface area contributed by atoms with Crippen LogP contribution in [-0.2, 0) is 13.1 Å². The molecule has 0 bridgehead atoms. The molecule has 23 heavy (non-hydrogen) atoms. The Morgan fingerprint density at radius 1 is 1.00 bits per heavy atom. The van der Waals surface area contributed by atoms with E-state index in [1.54, 1.807) is 17.5 Å². The van der Waals surface area contributed by atoms with Gasteiger partial charge in [0, 0.05) is 18.9 Å². The topological polar surface area (TPSA) is 42.7 Å². The normalized spacial score (nSPS) is 11.0. The van der Waals surface area contributed by atoms with Gasteiger partial charge in [0.25, 0.3) is 0 Å². The molecular weight excluding hydrogens is 304 g/mol. The van der Waals surface area contributed by atoms with E-state index in [4.69, 9.17) is 0 Å². The number of thiazole rings is 1. The fourth-order valence-electron chi connectivity index (χ4n) is 2.54. The summed E-state index contributed by atoms with van der Waals surface area (Å²) in [6.07, 6.45) is 3.78. The Balaban J connectivity index is 1.46. The highest BCUT2D eigenvalue weighted by molar-refractivity contribution is 7.22. The molecule has 0 unspecified atom stereocenters. The Labute approximate surface area is 138 Å². The minimum Gasteiger partial charge on any atom is -0.357 e. The second-order valence-electron chi connectivity index (χ2n) is 5.36. The van der Waals surface area contributed by atoms with Crippen molar-refractivity contribution in [3.63, 3.8) is 0 Å². The van der Waals surface area contributed by atoms with E-state index < -0.39 is 0 Å². The lowest BCUT2D eigenvalue weighted by atomic mass is 10.1. The third-order valence-electron chi connectivity index (χ3n) is 3.63. The van der Waals surface area contributed by atoms with Gasteiger partial charge < -0.3 is 5.32 Å². The standard InChI is InChI=1S/C18H16N4S/c1-2-8-17-16(7-1)21-18(23-17)19-12-14-5-3-6-15(11-14)13-22-10-4-9-20-22/h1-11H,12-13H2,(H,19,21). The maximum atomic E-state index is 4.60. The summed E-state index contributed by atoms with van der Waals surface area (Å²) in [5, 5.41) is 8.63. The lowest BCUT2D eigenvalue weighted by molar-refractivity contribution is 0.686. The van der Waals surface area contributed by atoms with E-state index >= 15 is 0 Å². The van der Waals surface area contributed by atoms with Crippen LogP contribution < -0.4 is 5.32 Å². The second-order valence-corrected chi connectivity index (χ2v) is 6.39. The van der Waals surface area contributed by atoms with Crippen LogP contribution in [-0.4, -0.2) is 14.8 Å². The van der Waals surface area contributed by atoms with Crippen molar-refractivity contribution in [1.82, 2.24) is 14.8 Å². The number of nitrogens with zero attached hydrogens (tertiary/aromatic N) is 3. The Hall–Kier alpha value is -2.66. The van der Waals surface area contributed by atoms with E-state index in [9.17, 15) is 0 Å². The zero-order valence-electron chi connectivity index (χ0n) is 12.5. The summed E-state index contributed by atoms with van der Waals surface area (Å²) in [6.45, 7) is 1.56. The van der Waals surface area contributed by atoms with Gasteiger partial charge in [0.1, 0.15) is 0 Å². The molecule has 0 saturated carbocycles. The number of rotatable bonds is 5. The van der Waals surface area contributed by atoms with Gasteiger partial charge in [-0.3, -0.25) is 4.68 Å². The second kappa shape index (κ2) is 6.22. The predicted molar refractivity (Wildman–Crippen MR) is 94.7 cm³/mol. The molecule has 114 valence electrons. The van der Waals surface area contributed by atoms with Crippen LogP contribution in [0.1, 0.15) is 11.1 Å². The van der Waals surface area contributed by atoms with Crippen LogP contribution in [0.15, 0.2) is 67.0 Å². The number of para-hydroxylation sites is 1. The summed E-state index contributed by atoms with van der Waals surface area (Å²) in [5.41, 5.74) is 3.54. The third kappa shape index (κ3) is 3.24. The molecule has 4 nitrogen and oxygen atoms in total. The van der Waals surface area contributed by atoms with Gasteiger partial charge in [-0.05, 0) is 29.3 Å². The molecule has 0 aliphatic carbocycles. The highest BCUT2D eigenvalue weighted by atomic mass is 32.1. The molecule has 0 fully saturated rings. The van der Waals surface area contributed by atoms with E-state index in [2.05, 4.69) is 45.7 Å². The van der Waals surface area contributed by atoms with Crippen molar-refractivity contribution < 1.29 is 0 Å². The average molecular weight is 320 g/mol. The molecule has 0 atom stereocenters. The highest BCUT2D eigenvalue weighted by Gasteiger charge is 2.03. The van der Waals surface area contributed by atoms with Gasteiger partial charge in [0.2, 0.25) is 0 Å². The number of aromatic nitrogens is 3. The van der Waals surface area contributed by atoms with Crippen LogP contribution in [0.2, 0.25) is 0 Å². The van der Waals surface area contributed by atoms with Crippen molar-refractivity contribution in [2.24, 2.45) is 0 Å². The minimum absolute atomic E-state index is 0.771. The lowest BCUT2D eigenvalue weighted by Gasteiger charge is -2.06. The monoisotopic (exact) mass is 320 g/mol. The molecule has 2 heterocycles. The van der Waals surface area contributed by atoms with Crippen molar-refractivity contribution in [2.45, 2.75) is 13.1 Å². The van der Waals surface area contributed by atoms with Crippen LogP contribution in [0.3, 0.4) is 0 Å². The molecule has 4 aromatic rings. The van der Waals surface area contributed by atoms with E-state index in [-0.39, 0.29) is 0 Å². The Bertz CT molecular complexity index is 879. The van der Waals surface area contributed by atoms with Crippen LogP contribution in [0.25, 0.3) is 10.2 Å². The fourth-order valence-corrected chi connectivity index (χ4v) is 3.41. The first-order valence-corrected chi connectivity index (χ1v) is 8.33. The first-order chi connectivity index (χ1) is 11.4. The van der Waals surface area contributed by atoms with Gasteiger partial charge in [0.15, 0.2) is 5.13 Å². The molecule has 4 rings (SSSR count). The van der Waals surface area contributed by atoms with Crippen LogP contribution in [0.5, 0.6) is 0 Å². The van der Waals surface area contributed by atoms with Gasteiger partial charge in [-0.15, -0.1) is 0 Å². The number of fused-ring (bicyclic) bond motifs is 1. The zero-order chi connectivity index (χ0) is 15.5. The van der Waals surface area contributed by atoms with Gasteiger partial charge in [-0.2, -0.15) is 5.10 Å². The summed E-state index contributed by atoms with van der Waals surface area (Å²) in [4.78, 5) is 4.60. The number of anilines is 1. The van der Waals surface area contributed by atoms with Gasteiger partial charge in [-0.1, -0.05) is 47.7 Å². The molecule has 0 radical (unpaired) electrons. The third-order valence-corrected chi connectivity index (χ3v) is 4.63. The summed E-state index contributed by atoms with van der Waals surface area (Å²) < 4.78 is 3.14. The molecule has 5 heteroatoms. The molecule has 0 saturated heterocycles. The highest BCUT2D eigenvalue weighted by Crippen LogP contribution is 2.25.